The summed E-state index contributed by atoms with van der Waals surface area (Å²) in [7, 11) is 0. The smallest absolute Gasteiger partial charge is 0.257 e. The molecule has 25 heavy (non-hydrogen) atoms. The predicted molar refractivity (Wildman–Crippen MR) is 95.2 cm³/mol. The molecule has 1 N–H and O–H groups in total. The van der Waals surface area contributed by atoms with Crippen molar-refractivity contribution in [1.29, 1.82) is 0 Å². The second kappa shape index (κ2) is 6.66. The number of thiazole rings is 1. The number of hydrogen-bond donors (Lipinski definition) is 1. The van der Waals surface area contributed by atoms with E-state index in [0.717, 1.165) is 10.4 Å². The van der Waals surface area contributed by atoms with Crippen molar-refractivity contribution in [3.63, 3.8) is 0 Å². The number of rotatable bonds is 4. The number of pyridine rings is 2. The lowest BCUT2D eigenvalue weighted by atomic mass is 10.2. The minimum atomic E-state index is -0.233. The van der Waals surface area contributed by atoms with E-state index in [1.54, 1.807) is 49.2 Å². The molecule has 0 unspecified atom stereocenters. The Balaban J connectivity index is 1.71. The van der Waals surface area contributed by atoms with Crippen LogP contribution < -0.4 is 5.32 Å². The van der Waals surface area contributed by atoms with Crippen LogP contribution in [0.1, 0.15) is 10.4 Å². The summed E-state index contributed by atoms with van der Waals surface area (Å²) in [5.74, 6) is 0.413. The second-order valence-corrected chi connectivity index (χ2v) is 6.10. The molecule has 0 fully saturated rings. The molecule has 122 valence electrons. The van der Waals surface area contributed by atoms with Crippen LogP contribution in [-0.2, 0) is 0 Å². The van der Waals surface area contributed by atoms with Crippen molar-refractivity contribution >= 4 is 22.4 Å². The average Bonchev–Trinajstić information content (AvgIpc) is 3.33. The number of carbonyl (C=O) groups excluding carboxylic acids is 1. The molecule has 0 atom stereocenters. The molecule has 1 amide bonds. The van der Waals surface area contributed by atoms with E-state index < -0.39 is 0 Å². The van der Waals surface area contributed by atoms with Crippen LogP contribution in [-0.4, -0.2) is 20.9 Å². The van der Waals surface area contributed by atoms with E-state index in [1.807, 2.05) is 18.2 Å². The largest absolute Gasteiger partial charge is 0.463 e. The summed E-state index contributed by atoms with van der Waals surface area (Å²) in [5, 5.41) is 3.33. The summed E-state index contributed by atoms with van der Waals surface area (Å²) in [6.07, 6.45) is 8.19. The molecule has 0 aliphatic heterocycles. The Labute approximate surface area is 147 Å². The Kier molecular flexibility index (Phi) is 4.05. The summed E-state index contributed by atoms with van der Waals surface area (Å²) in [4.78, 5) is 25.8. The summed E-state index contributed by atoms with van der Waals surface area (Å²) in [6, 6.07) is 10.7. The van der Waals surface area contributed by atoms with Gasteiger partial charge in [0.1, 0.15) is 5.69 Å². The molecule has 4 rings (SSSR count). The molecule has 4 aromatic rings. The van der Waals surface area contributed by atoms with Gasteiger partial charge in [-0.1, -0.05) is 11.3 Å². The Hall–Kier alpha value is -3.32. The van der Waals surface area contributed by atoms with Gasteiger partial charge in [0.2, 0.25) is 0 Å². The minimum Gasteiger partial charge on any atom is -0.463 e. The van der Waals surface area contributed by atoms with E-state index in [4.69, 9.17) is 4.42 Å². The van der Waals surface area contributed by atoms with Gasteiger partial charge >= 0.3 is 0 Å². The lowest BCUT2D eigenvalue weighted by molar-refractivity contribution is 0.102. The summed E-state index contributed by atoms with van der Waals surface area (Å²) >= 11 is 1.39. The summed E-state index contributed by atoms with van der Waals surface area (Å²) < 4.78 is 5.49. The SMILES string of the molecule is O=C(Nc1nc(-c2ccco2)c(-c2ccncc2)s1)c1ccncc1. The molecular formula is C18H12N4O2S. The van der Waals surface area contributed by atoms with Gasteiger partial charge < -0.3 is 4.42 Å². The van der Waals surface area contributed by atoms with Gasteiger partial charge in [-0.15, -0.1) is 0 Å². The van der Waals surface area contributed by atoms with E-state index >= 15 is 0 Å². The van der Waals surface area contributed by atoms with Crippen molar-refractivity contribution < 1.29 is 9.21 Å². The summed E-state index contributed by atoms with van der Waals surface area (Å²) in [5.41, 5.74) is 2.17. The molecule has 0 spiro atoms. The highest BCUT2D eigenvalue weighted by Crippen LogP contribution is 2.39. The Morgan fingerprint density at radius 1 is 1.00 bits per heavy atom. The maximum atomic E-state index is 12.4. The molecule has 0 bridgehead atoms. The van der Waals surface area contributed by atoms with Gasteiger partial charge in [-0.2, -0.15) is 0 Å². The lowest BCUT2D eigenvalue weighted by Crippen LogP contribution is -2.11. The highest BCUT2D eigenvalue weighted by atomic mass is 32.1. The van der Waals surface area contributed by atoms with Crippen LogP contribution >= 0.6 is 11.3 Å². The van der Waals surface area contributed by atoms with E-state index in [1.165, 1.54) is 11.3 Å². The van der Waals surface area contributed by atoms with Gasteiger partial charge in [-0.05, 0) is 42.0 Å². The Morgan fingerprint density at radius 3 is 2.40 bits per heavy atom. The predicted octanol–water partition coefficient (Wildman–Crippen LogP) is 4.11. The first kappa shape index (κ1) is 15.2. The molecule has 0 aromatic carbocycles. The van der Waals surface area contributed by atoms with Crippen LogP contribution in [0.4, 0.5) is 5.13 Å². The lowest BCUT2D eigenvalue weighted by Gasteiger charge is -2.00. The molecule has 0 saturated carbocycles. The Bertz CT molecular complexity index is 983. The highest BCUT2D eigenvalue weighted by molar-refractivity contribution is 7.19. The van der Waals surface area contributed by atoms with Gasteiger partial charge in [0.25, 0.3) is 5.91 Å². The molecule has 4 aromatic heterocycles. The number of nitrogens with zero attached hydrogens (tertiary/aromatic N) is 3. The molecule has 0 radical (unpaired) electrons. The quantitative estimate of drug-likeness (QED) is 0.600. The zero-order valence-electron chi connectivity index (χ0n) is 12.9. The molecule has 4 heterocycles. The normalized spacial score (nSPS) is 10.6. The molecular weight excluding hydrogens is 336 g/mol. The molecule has 0 aliphatic rings. The number of amides is 1. The van der Waals surface area contributed by atoms with Crippen LogP contribution in [0, 0.1) is 0 Å². The molecule has 6 nitrogen and oxygen atoms in total. The summed E-state index contributed by atoms with van der Waals surface area (Å²) in [6.45, 7) is 0. The fourth-order valence-electron chi connectivity index (χ4n) is 2.33. The number of furan rings is 1. The molecule has 0 aliphatic carbocycles. The number of aromatic nitrogens is 3. The minimum absolute atomic E-state index is 0.233. The fraction of sp³-hybridized carbons (Fsp3) is 0. The topological polar surface area (TPSA) is 80.9 Å². The zero-order chi connectivity index (χ0) is 17.1. The van der Waals surface area contributed by atoms with Crippen molar-refractivity contribution in [2.24, 2.45) is 0 Å². The number of anilines is 1. The van der Waals surface area contributed by atoms with Crippen LogP contribution in [0.15, 0.2) is 71.9 Å². The van der Waals surface area contributed by atoms with E-state index in [9.17, 15) is 4.79 Å². The van der Waals surface area contributed by atoms with E-state index in [2.05, 4.69) is 20.3 Å². The number of carbonyl (C=O) groups is 1. The van der Waals surface area contributed by atoms with Gasteiger partial charge in [0, 0.05) is 30.4 Å². The van der Waals surface area contributed by atoms with Crippen molar-refractivity contribution in [3.8, 4) is 21.9 Å². The van der Waals surface area contributed by atoms with Crippen LogP contribution in [0.3, 0.4) is 0 Å². The average molecular weight is 348 g/mol. The van der Waals surface area contributed by atoms with Crippen molar-refractivity contribution in [1.82, 2.24) is 15.0 Å². The first-order chi connectivity index (χ1) is 12.3. The molecule has 7 heteroatoms. The second-order valence-electron chi connectivity index (χ2n) is 5.10. The number of nitrogens with one attached hydrogen (secondary N) is 1. The zero-order valence-corrected chi connectivity index (χ0v) is 13.7. The standard InChI is InChI=1S/C18H12N4O2S/c23-17(13-5-9-20-10-6-13)22-18-21-15(14-2-1-11-24-14)16(25-18)12-3-7-19-8-4-12/h1-11H,(H,21,22,23). The highest BCUT2D eigenvalue weighted by Gasteiger charge is 2.18. The van der Waals surface area contributed by atoms with E-state index in [0.29, 0.717) is 22.1 Å². The maximum Gasteiger partial charge on any atom is 0.257 e. The third-order valence-corrected chi connectivity index (χ3v) is 4.51. The van der Waals surface area contributed by atoms with Crippen molar-refractivity contribution in [2.45, 2.75) is 0 Å². The third kappa shape index (κ3) is 3.17. The maximum absolute atomic E-state index is 12.4. The van der Waals surface area contributed by atoms with Crippen molar-refractivity contribution in [2.75, 3.05) is 5.32 Å². The van der Waals surface area contributed by atoms with E-state index in [-0.39, 0.29) is 5.91 Å². The van der Waals surface area contributed by atoms with Gasteiger partial charge in [-0.25, -0.2) is 4.98 Å². The first-order valence-electron chi connectivity index (χ1n) is 7.48. The third-order valence-electron chi connectivity index (χ3n) is 3.49. The van der Waals surface area contributed by atoms with Gasteiger partial charge in [0.05, 0.1) is 11.1 Å². The van der Waals surface area contributed by atoms with Crippen LogP contribution in [0.2, 0.25) is 0 Å². The van der Waals surface area contributed by atoms with Gasteiger partial charge in [0.15, 0.2) is 10.9 Å². The van der Waals surface area contributed by atoms with Crippen LogP contribution in [0.25, 0.3) is 21.9 Å². The van der Waals surface area contributed by atoms with Gasteiger partial charge in [-0.3, -0.25) is 20.1 Å². The molecule has 0 saturated heterocycles. The van der Waals surface area contributed by atoms with Crippen molar-refractivity contribution in [3.05, 3.63) is 73.0 Å². The number of hydrogen-bond acceptors (Lipinski definition) is 6. The Morgan fingerprint density at radius 2 is 1.72 bits per heavy atom. The monoisotopic (exact) mass is 348 g/mol. The first-order valence-corrected chi connectivity index (χ1v) is 8.29. The fourth-order valence-corrected chi connectivity index (χ4v) is 3.30. The van der Waals surface area contributed by atoms with Crippen LogP contribution in [0.5, 0.6) is 0 Å².